The molecule has 0 spiro atoms. The highest BCUT2D eigenvalue weighted by atomic mass is 35.5. The van der Waals surface area contributed by atoms with Crippen molar-refractivity contribution in [2.45, 2.75) is 0 Å². The molecule has 0 N–H and O–H groups in total. The highest BCUT2D eigenvalue weighted by Gasteiger charge is 2.17. The molecule has 0 aliphatic heterocycles. The van der Waals surface area contributed by atoms with Crippen LogP contribution < -0.4 is 4.74 Å². The largest absolute Gasteiger partial charge is 0.495 e. The Morgan fingerprint density at radius 1 is 1.71 bits per heavy atom. The second kappa shape index (κ2) is 5.22. The van der Waals surface area contributed by atoms with Crippen LogP contribution in [-0.4, -0.2) is 37.4 Å². The van der Waals surface area contributed by atoms with Gasteiger partial charge in [-0.05, 0) is 11.4 Å². The minimum atomic E-state index is -0.0440. The number of methoxy groups -OCH3 is 1. The Bertz CT molecular complexity index is 314. The quantitative estimate of drug-likeness (QED) is 0.746. The van der Waals surface area contributed by atoms with Crippen LogP contribution in [0.15, 0.2) is 11.4 Å². The van der Waals surface area contributed by atoms with Crippen molar-refractivity contribution in [2.24, 2.45) is 0 Å². The van der Waals surface area contributed by atoms with Crippen LogP contribution in [0.4, 0.5) is 0 Å². The number of halogens is 1. The average molecular weight is 234 g/mol. The standard InChI is InChI=1S/C9H12ClNO2S/c1-11(5-4-10)9(12)8-7(13-2)3-6-14-8/h3,6H,4-5H2,1-2H3. The Hall–Kier alpha value is -0.740. The number of thiophene rings is 1. The first-order valence-corrected chi connectivity index (χ1v) is 5.55. The lowest BCUT2D eigenvalue weighted by Gasteiger charge is -2.14. The average Bonchev–Trinajstić information content (AvgIpc) is 2.64. The Labute approximate surface area is 92.2 Å². The summed E-state index contributed by atoms with van der Waals surface area (Å²) < 4.78 is 5.06. The van der Waals surface area contributed by atoms with Crippen molar-refractivity contribution in [3.8, 4) is 5.75 Å². The lowest BCUT2D eigenvalue weighted by molar-refractivity contribution is 0.0805. The van der Waals surface area contributed by atoms with E-state index in [1.165, 1.54) is 11.3 Å². The molecule has 1 rings (SSSR count). The molecule has 1 amide bonds. The molecule has 0 fully saturated rings. The molecule has 0 aliphatic carbocycles. The van der Waals surface area contributed by atoms with Gasteiger partial charge in [-0.2, -0.15) is 0 Å². The summed E-state index contributed by atoms with van der Waals surface area (Å²) in [4.78, 5) is 14.0. The van der Waals surface area contributed by atoms with Gasteiger partial charge in [0.2, 0.25) is 0 Å². The molecular formula is C9H12ClNO2S. The summed E-state index contributed by atoms with van der Waals surface area (Å²) >= 11 is 6.93. The van der Waals surface area contributed by atoms with Gasteiger partial charge in [-0.25, -0.2) is 0 Å². The molecule has 1 heterocycles. The fourth-order valence-electron chi connectivity index (χ4n) is 1.02. The van der Waals surface area contributed by atoms with Gasteiger partial charge in [-0.15, -0.1) is 22.9 Å². The molecule has 0 atom stereocenters. The summed E-state index contributed by atoms with van der Waals surface area (Å²) in [7, 11) is 3.28. The Morgan fingerprint density at radius 2 is 2.43 bits per heavy atom. The topological polar surface area (TPSA) is 29.5 Å². The Kier molecular flexibility index (Phi) is 4.22. The number of nitrogens with zero attached hydrogens (tertiary/aromatic N) is 1. The first kappa shape index (κ1) is 11.3. The molecule has 78 valence electrons. The zero-order chi connectivity index (χ0) is 10.6. The Morgan fingerprint density at radius 3 is 3.00 bits per heavy atom. The van der Waals surface area contributed by atoms with Gasteiger partial charge in [0, 0.05) is 19.5 Å². The predicted molar refractivity (Wildman–Crippen MR) is 58.6 cm³/mol. The van der Waals surface area contributed by atoms with E-state index >= 15 is 0 Å². The molecule has 1 aromatic rings. The molecule has 0 bridgehead atoms. The highest BCUT2D eigenvalue weighted by Crippen LogP contribution is 2.25. The van der Waals surface area contributed by atoms with E-state index in [9.17, 15) is 4.79 Å². The number of carbonyl (C=O) groups is 1. The third-order valence-corrected chi connectivity index (χ3v) is 2.86. The summed E-state index contributed by atoms with van der Waals surface area (Å²) in [5.41, 5.74) is 0. The number of alkyl halides is 1. The predicted octanol–water partition coefficient (Wildman–Crippen LogP) is 2.07. The fourth-order valence-corrected chi connectivity index (χ4v) is 2.12. The molecule has 0 aromatic carbocycles. The zero-order valence-corrected chi connectivity index (χ0v) is 9.69. The van der Waals surface area contributed by atoms with Crippen LogP contribution in [0.3, 0.4) is 0 Å². The van der Waals surface area contributed by atoms with E-state index in [4.69, 9.17) is 16.3 Å². The van der Waals surface area contributed by atoms with Crippen LogP contribution in [0.25, 0.3) is 0 Å². The van der Waals surface area contributed by atoms with Crippen molar-refractivity contribution in [2.75, 3.05) is 26.6 Å². The number of amides is 1. The van der Waals surface area contributed by atoms with Gasteiger partial charge in [0.15, 0.2) is 0 Å². The minimum absolute atomic E-state index is 0.0440. The van der Waals surface area contributed by atoms with Crippen molar-refractivity contribution in [1.82, 2.24) is 4.90 Å². The van der Waals surface area contributed by atoms with Crippen molar-refractivity contribution in [1.29, 1.82) is 0 Å². The first-order valence-electron chi connectivity index (χ1n) is 4.13. The highest BCUT2D eigenvalue weighted by molar-refractivity contribution is 7.12. The molecule has 0 saturated heterocycles. The van der Waals surface area contributed by atoms with Crippen LogP contribution in [-0.2, 0) is 0 Å². The molecule has 1 aromatic heterocycles. The molecule has 0 saturated carbocycles. The Balaban J connectivity index is 2.78. The number of ether oxygens (including phenoxy) is 1. The number of hydrogen-bond acceptors (Lipinski definition) is 3. The zero-order valence-electron chi connectivity index (χ0n) is 8.12. The van der Waals surface area contributed by atoms with Gasteiger partial charge < -0.3 is 9.64 Å². The van der Waals surface area contributed by atoms with Crippen molar-refractivity contribution < 1.29 is 9.53 Å². The van der Waals surface area contributed by atoms with Crippen molar-refractivity contribution in [3.05, 3.63) is 16.3 Å². The molecule has 3 nitrogen and oxygen atoms in total. The maximum atomic E-state index is 11.8. The number of hydrogen-bond donors (Lipinski definition) is 0. The number of carbonyl (C=O) groups excluding carboxylic acids is 1. The summed E-state index contributed by atoms with van der Waals surface area (Å²) in [6.45, 7) is 0.543. The first-order chi connectivity index (χ1) is 6.70. The monoisotopic (exact) mass is 233 g/mol. The van der Waals surface area contributed by atoms with Gasteiger partial charge >= 0.3 is 0 Å². The van der Waals surface area contributed by atoms with Gasteiger partial charge in [0.1, 0.15) is 10.6 Å². The second-order valence-corrected chi connectivity index (χ2v) is 4.03. The van der Waals surface area contributed by atoms with Gasteiger partial charge in [0.05, 0.1) is 7.11 Å². The van der Waals surface area contributed by atoms with E-state index in [-0.39, 0.29) is 5.91 Å². The van der Waals surface area contributed by atoms with E-state index in [1.54, 1.807) is 25.1 Å². The normalized spacial score (nSPS) is 9.93. The molecule has 14 heavy (non-hydrogen) atoms. The van der Waals surface area contributed by atoms with Crippen molar-refractivity contribution >= 4 is 28.8 Å². The molecular weight excluding hydrogens is 222 g/mol. The third-order valence-electron chi connectivity index (χ3n) is 1.81. The van der Waals surface area contributed by atoms with E-state index in [1.807, 2.05) is 5.38 Å². The lowest BCUT2D eigenvalue weighted by Crippen LogP contribution is -2.28. The van der Waals surface area contributed by atoms with E-state index < -0.39 is 0 Å². The van der Waals surface area contributed by atoms with Gasteiger partial charge in [0.25, 0.3) is 5.91 Å². The number of rotatable bonds is 4. The summed E-state index contributed by atoms with van der Waals surface area (Å²) in [6, 6.07) is 1.78. The summed E-state index contributed by atoms with van der Waals surface area (Å²) in [6.07, 6.45) is 0. The van der Waals surface area contributed by atoms with Crippen LogP contribution in [0.5, 0.6) is 5.75 Å². The van der Waals surface area contributed by atoms with E-state index in [2.05, 4.69) is 0 Å². The van der Waals surface area contributed by atoms with Crippen molar-refractivity contribution in [3.63, 3.8) is 0 Å². The van der Waals surface area contributed by atoms with Gasteiger partial charge in [-0.1, -0.05) is 0 Å². The minimum Gasteiger partial charge on any atom is -0.495 e. The van der Waals surface area contributed by atoms with Crippen LogP contribution >= 0.6 is 22.9 Å². The second-order valence-electron chi connectivity index (χ2n) is 2.73. The smallest absolute Gasteiger partial charge is 0.267 e. The van der Waals surface area contributed by atoms with Crippen LogP contribution in [0.1, 0.15) is 9.67 Å². The summed E-state index contributed by atoms with van der Waals surface area (Å²) in [5, 5.41) is 1.83. The molecule has 0 unspecified atom stereocenters. The molecule has 5 heteroatoms. The molecule has 0 radical (unpaired) electrons. The van der Waals surface area contributed by atoms with E-state index in [0.717, 1.165) is 0 Å². The maximum Gasteiger partial charge on any atom is 0.267 e. The van der Waals surface area contributed by atoms with Crippen LogP contribution in [0.2, 0.25) is 0 Å². The third kappa shape index (κ3) is 2.39. The molecule has 0 aliphatic rings. The maximum absolute atomic E-state index is 11.8. The van der Waals surface area contributed by atoms with Crippen LogP contribution in [0, 0.1) is 0 Å². The SMILES string of the molecule is COc1ccsc1C(=O)N(C)CCCl. The fraction of sp³-hybridized carbons (Fsp3) is 0.444. The van der Waals surface area contributed by atoms with Gasteiger partial charge in [-0.3, -0.25) is 4.79 Å². The lowest BCUT2D eigenvalue weighted by atomic mass is 10.4. The van der Waals surface area contributed by atoms with E-state index in [0.29, 0.717) is 23.1 Å². The summed E-state index contributed by atoms with van der Waals surface area (Å²) in [5.74, 6) is 1.02.